The Morgan fingerprint density at radius 2 is 1.43 bits per heavy atom. The molecule has 0 saturated carbocycles. The summed E-state index contributed by atoms with van der Waals surface area (Å²) in [6, 6.07) is 22.0. The van der Waals surface area contributed by atoms with Gasteiger partial charge in [-0.3, -0.25) is 9.59 Å². The summed E-state index contributed by atoms with van der Waals surface area (Å²) in [5, 5.41) is 0.558. The number of anilines is 1. The first-order valence-corrected chi connectivity index (χ1v) is 10.6. The van der Waals surface area contributed by atoms with Gasteiger partial charge in [0.05, 0.1) is 17.0 Å². The second-order valence-electron chi connectivity index (χ2n) is 8.84. The van der Waals surface area contributed by atoms with Crippen LogP contribution in [0.5, 0.6) is 0 Å². The van der Waals surface area contributed by atoms with Crippen LogP contribution in [0.1, 0.15) is 46.6 Å². The quantitative estimate of drug-likeness (QED) is 0.498. The minimum atomic E-state index is -0.818. The zero-order chi connectivity index (χ0) is 20.8. The molecule has 3 aromatic rings. The molecule has 2 bridgehead atoms. The maximum absolute atomic E-state index is 13.9. The van der Waals surface area contributed by atoms with Gasteiger partial charge >= 0.3 is 0 Å². The number of carbonyl (C=O) groups excluding carboxylic acids is 2. The van der Waals surface area contributed by atoms with Crippen LogP contribution in [0, 0.1) is 18.3 Å². The molecule has 30 heavy (non-hydrogen) atoms. The molecule has 1 fully saturated rings. The molecule has 1 saturated heterocycles. The van der Waals surface area contributed by atoms with Crippen molar-refractivity contribution in [3.63, 3.8) is 0 Å². The van der Waals surface area contributed by atoms with Crippen molar-refractivity contribution in [2.45, 2.75) is 25.7 Å². The molecule has 2 amide bonds. The summed E-state index contributed by atoms with van der Waals surface area (Å²) in [6.07, 6.45) is 0. The van der Waals surface area contributed by atoms with Gasteiger partial charge in [-0.2, -0.15) is 0 Å². The van der Waals surface area contributed by atoms with Crippen LogP contribution in [0.15, 0.2) is 66.7 Å². The van der Waals surface area contributed by atoms with Crippen LogP contribution < -0.4 is 4.90 Å². The largest absolute Gasteiger partial charge is 0.274 e. The molecular weight excluding hydrogens is 394 g/mol. The molecule has 1 aliphatic heterocycles. The fourth-order valence-corrected chi connectivity index (χ4v) is 6.26. The molecule has 0 aromatic heterocycles. The van der Waals surface area contributed by atoms with Crippen LogP contribution in [0.25, 0.3) is 0 Å². The van der Waals surface area contributed by atoms with Gasteiger partial charge < -0.3 is 0 Å². The third-order valence-corrected chi connectivity index (χ3v) is 7.83. The van der Waals surface area contributed by atoms with Crippen molar-refractivity contribution in [2.75, 3.05) is 4.90 Å². The van der Waals surface area contributed by atoms with Crippen molar-refractivity contribution in [1.29, 1.82) is 0 Å². The van der Waals surface area contributed by atoms with E-state index in [-0.39, 0.29) is 23.7 Å². The van der Waals surface area contributed by atoms with Gasteiger partial charge in [0.25, 0.3) is 0 Å². The second-order valence-corrected chi connectivity index (χ2v) is 9.25. The first-order valence-electron chi connectivity index (χ1n) is 10.3. The fourth-order valence-electron chi connectivity index (χ4n) is 6.08. The number of nitrogens with zero attached hydrogens (tertiary/aromatic N) is 1. The van der Waals surface area contributed by atoms with Gasteiger partial charge in [0.1, 0.15) is 0 Å². The molecule has 4 aliphatic rings. The molecule has 7 rings (SSSR count). The standard InChI is InChI=1S/C26H20ClNO2/c1-14-11-12-15(13-20(14)27)28-24(29)23-21-16-7-3-5-9-18(16)22(26(23,2)25(28)30)19-10-6-4-8-17(19)21/h3-13,21-23H,1-2H3/t21?,22?,23-,26-/m0/s1. The van der Waals surface area contributed by atoms with E-state index >= 15 is 0 Å². The van der Waals surface area contributed by atoms with Crippen LogP contribution in [0.4, 0.5) is 5.69 Å². The van der Waals surface area contributed by atoms with Crippen molar-refractivity contribution < 1.29 is 9.59 Å². The minimum absolute atomic E-state index is 0.116. The molecular formula is C26H20ClNO2. The Hall–Kier alpha value is -2.91. The van der Waals surface area contributed by atoms with Gasteiger partial charge in [-0.1, -0.05) is 66.2 Å². The summed E-state index contributed by atoms with van der Waals surface area (Å²) in [6.45, 7) is 3.89. The zero-order valence-corrected chi connectivity index (χ0v) is 17.5. The van der Waals surface area contributed by atoms with E-state index in [4.69, 9.17) is 11.6 Å². The number of rotatable bonds is 1. The summed E-state index contributed by atoms with van der Waals surface area (Å²) >= 11 is 6.34. The Morgan fingerprint density at radius 3 is 2.00 bits per heavy atom. The van der Waals surface area contributed by atoms with Crippen LogP contribution >= 0.6 is 11.6 Å². The average molecular weight is 414 g/mol. The monoisotopic (exact) mass is 413 g/mol. The maximum atomic E-state index is 13.9. The number of benzene rings is 3. The van der Waals surface area contributed by atoms with Crippen LogP contribution in [0.3, 0.4) is 0 Å². The second kappa shape index (κ2) is 5.83. The number of halogens is 1. The summed E-state index contributed by atoms with van der Waals surface area (Å²) in [5.41, 5.74) is 5.35. The molecule has 2 atom stereocenters. The Labute approximate surface area is 180 Å². The molecule has 3 nitrogen and oxygen atoms in total. The predicted octanol–water partition coefficient (Wildman–Crippen LogP) is 5.44. The van der Waals surface area contributed by atoms with E-state index in [1.807, 2.05) is 50.2 Å². The lowest BCUT2D eigenvalue weighted by atomic mass is 9.48. The lowest BCUT2D eigenvalue weighted by molar-refractivity contribution is -0.128. The highest BCUT2D eigenvalue weighted by molar-refractivity contribution is 6.32. The minimum Gasteiger partial charge on any atom is -0.274 e. The molecule has 0 radical (unpaired) electrons. The Morgan fingerprint density at radius 1 is 0.867 bits per heavy atom. The normalized spacial score (nSPS) is 28.4. The van der Waals surface area contributed by atoms with Crippen molar-refractivity contribution in [1.82, 2.24) is 0 Å². The summed E-state index contributed by atoms with van der Waals surface area (Å²) in [5.74, 6) is -0.922. The topological polar surface area (TPSA) is 37.4 Å². The number of hydrogen-bond donors (Lipinski definition) is 0. The van der Waals surface area contributed by atoms with E-state index < -0.39 is 11.3 Å². The molecule has 3 aliphatic carbocycles. The zero-order valence-electron chi connectivity index (χ0n) is 16.7. The predicted molar refractivity (Wildman–Crippen MR) is 117 cm³/mol. The highest BCUT2D eigenvalue weighted by atomic mass is 35.5. The van der Waals surface area contributed by atoms with Crippen molar-refractivity contribution in [3.05, 3.63) is 99.6 Å². The molecule has 148 valence electrons. The van der Waals surface area contributed by atoms with E-state index in [1.54, 1.807) is 6.07 Å². The lowest BCUT2D eigenvalue weighted by Gasteiger charge is -2.51. The lowest BCUT2D eigenvalue weighted by Crippen LogP contribution is -2.49. The smallest absolute Gasteiger partial charge is 0.241 e. The number of aryl methyl sites for hydroxylation is 1. The highest BCUT2D eigenvalue weighted by Gasteiger charge is 2.68. The number of hydrogen-bond acceptors (Lipinski definition) is 2. The van der Waals surface area contributed by atoms with Crippen LogP contribution in [0.2, 0.25) is 5.02 Å². The summed E-state index contributed by atoms with van der Waals surface area (Å²) < 4.78 is 0. The fraction of sp³-hybridized carbons (Fsp3) is 0.231. The van der Waals surface area contributed by atoms with E-state index in [2.05, 4.69) is 24.3 Å². The van der Waals surface area contributed by atoms with E-state index in [0.717, 1.165) is 5.56 Å². The third-order valence-electron chi connectivity index (χ3n) is 7.43. The third kappa shape index (κ3) is 1.96. The van der Waals surface area contributed by atoms with Crippen molar-refractivity contribution >= 4 is 29.1 Å². The Bertz CT molecular complexity index is 1220. The van der Waals surface area contributed by atoms with Gasteiger partial charge in [0, 0.05) is 16.9 Å². The summed E-state index contributed by atoms with van der Waals surface area (Å²) in [4.78, 5) is 29.1. The molecule has 1 heterocycles. The van der Waals surface area contributed by atoms with E-state index in [0.29, 0.717) is 10.7 Å². The summed E-state index contributed by atoms with van der Waals surface area (Å²) in [7, 11) is 0. The number of carbonyl (C=O) groups is 2. The molecule has 4 heteroatoms. The Kier molecular flexibility index (Phi) is 3.48. The maximum Gasteiger partial charge on any atom is 0.241 e. The van der Waals surface area contributed by atoms with E-state index in [1.165, 1.54) is 27.2 Å². The number of imide groups is 1. The van der Waals surface area contributed by atoms with Gasteiger partial charge in [-0.15, -0.1) is 0 Å². The van der Waals surface area contributed by atoms with Gasteiger partial charge in [-0.25, -0.2) is 4.90 Å². The molecule has 0 unspecified atom stereocenters. The number of amides is 2. The van der Waals surface area contributed by atoms with Crippen molar-refractivity contribution in [3.8, 4) is 0 Å². The molecule has 0 N–H and O–H groups in total. The van der Waals surface area contributed by atoms with Crippen molar-refractivity contribution in [2.24, 2.45) is 11.3 Å². The molecule has 3 aromatic carbocycles. The first kappa shape index (κ1) is 17.9. The average Bonchev–Trinajstić information content (AvgIpc) is 2.96. The van der Waals surface area contributed by atoms with Crippen LogP contribution in [-0.4, -0.2) is 11.8 Å². The van der Waals surface area contributed by atoms with Gasteiger partial charge in [0.2, 0.25) is 11.8 Å². The van der Waals surface area contributed by atoms with E-state index in [9.17, 15) is 9.59 Å². The highest BCUT2D eigenvalue weighted by Crippen LogP contribution is 2.67. The first-order chi connectivity index (χ1) is 14.4. The molecule has 0 spiro atoms. The SMILES string of the molecule is Cc1ccc(N2C(=O)[C@@H]3C4c5ccccc5C(c5ccccc54)[C@]3(C)C2=O)cc1Cl. The van der Waals surface area contributed by atoms with Gasteiger partial charge in [-0.05, 0) is 53.8 Å². The Balaban J connectivity index is 1.61. The van der Waals surface area contributed by atoms with Crippen LogP contribution in [-0.2, 0) is 9.59 Å². The van der Waals surface area contributed by atoms with Gasteiger partial charge in [0.15, 0.2) is 0 Å².